The monoisotopic (exact) mass is 524 g/mol. The first-order valence-electron chi connectivity index (χ1n) is 11.8. The first-order valence-corrected chi connectivity index (χ1v) is 12.1. The maximum Gasteiger partial charge on any atom is 0.254 e. The number of fused-ring (bicyclic) bond motifs is 4. The van der Waals surface area contributed by atoms with Gasteiger partial charge in [0.15, 0.2) is 5.82 Å². The van der Waals surface area contributed by atoms with Crippen LogP contribution < -0.4 is 10.9 Å². The molecule has 0 radical (unpaired) electrons. The number of carbonyl (C=O) groups excluding carboxylic acids is 1. The van der Waals surface area contributed by atoms with E-state index in [1.165, 1.54) is 10.9 Å². The lowest BCUT2D eigenvalue weighted by Gasteiger charge is -2.22. The van der Waals surface area contributed by atoms with Crippen molar-refractivity contribution in [2.45, 2.75) is 32.2 Å². The van der Waals surface area contributed by atoms with Gasteiger partial charge >= 0.3 is 0 Å². The summed E-state index contributed by atoms with van der Waals surface area (Å²) in [4.78, 5) is 34.8. The number of benzene rings is 1. The van der Waals surface area contributed by atoms with Crippen LogP contribution in [0.15, 0.2) is 53.8 Å². The quantitative estimate of drug-likeness (QED) is 0.373. The maximum absolute atomic E-state index is 14.6. The summed E-state index contributed by atoms with van der Waals surface area (Å²) in [6.07, 6.45) is 6.20. The second kappa shape index (κ2) is 9.85. The lowest BCUT2D eigenvalue weighted by atomic mass is 9.97. The maximum atomic E-state index is 14.6. The van der Waals surface area contributed by atoms with Crippen molar-refractivity contribution >= 4 is 23.2 Å². The van der Waals surface area contributed by atoms with Crippen molar-refractivity contribution in [3.05, 3.63) is 81.8 Å². The average Bonchev–Trinajstić information content (AvgIpc) is 3.24. The van der Waals surface area contributed by atoms with Crippen molar-refractivity contribution in [3.63, 3.8) is 0 Å². The van der Waals surface area contributed by atoms with E-state index in [0.717, 1.165) is 23.8 Å². The van der Waals surface area contributed by atoms with Crippen molar-refractivity contribution < 1.29 is 13.6 Å². The first kappa shape index (κ1) is 24.8. The summed E-state index contributed by atoms with van der Waals surface area (Å²) in [6.45, 7) is 1.85. The lowest BCUT2D eigenvalue weighted by Crippen LogP contribution is -2.27. The predicted molar refractivity (Wildman–Crippen MR) is 135 cm³/mol. The van der Waals surface area contributed by atoms with Crippen molar-refractivity contribution in [1.29, 1.82) is 0 Å². The van der Waals surface area contributed by atoms with Gasteiger partial charge in [0, 0.05) is 30.8 Å². The molecule has 0 spiro atoms. The van der Waals surface area contributed by atoms with Gasteiger partial charge in [0.25, 0.3) is 5.56 Å². The number of hydrogen-bond donors (Lipinski definition) is 1. The molecule has 0 saturated carbocycles. The molecule has 4 heterocycles. The molecule has 37 heavy (non-hydrogen) atoms. The van der Waals surface area contributed by atoms with Crippen molar-refractivity contribution in [2.24, 2.45) is 13.0 Å². The molecular formula is C26H23ClF2N6O2. The molecule has 5 rings (SSSR count). The Balaban J connectivity index is 1.61. The molecule has 190 valence electrons. The molecule has 1 aliphatic heterocycles. The number of pyridine rings is 1. The Labute approximate surface area is 215 Å². The Bertz CT molecular complexity index is 1570. The third kappa shape index (κ3) is 4.64. The topological polar surface area (TPSA) is 94.7 Å². The molecule has 0 fully saturated rings. The summed E-state index contributed by atoms with van der Waals surface area (Å²) < 4.78 is 32.0. The van der Waals surface area contributed by atoms with Gasteiger partial charge in [0.1, 0.15) is 5.82 Å². The van der Waals surface area contributed by atoms with Gasteiger partial charge in [-0.2, -0.15) is 5.10 Å². The van der Waals surface area contributed by atoms with E-state index in [2.05, 4.69) is 20.4 Å². The van der Waals surface area contributed by atoms with Crippen LogP contribution >= 0.6 is 11.6 Å². The summed E-state index contributed by atoms with van der Waals surface area (Å²) in [5.74, 6) is -2.24. The number of amides is 1. The van der Waals surface area contributed by atoms with Crippen molar-refractivity contribution in [3.8, 4) is 22.5 Å². The molecule has 3 aromatic heterocycles. The van der Waals surface area contributed by atoms with Gasteiger partial charge in [0.2, 0.25) is 5.91 Å². The minimum atomic E-state index is -0.981. The van der Waals surface area contributed by atoms with Gasteiger partial charge in [-0.25, -0.2) is 13.8 Å². The van der Waals surface area contributed by atoms with Crippen LogP contribution in [0, 0.1) is 17.6 Å². The fourth-order valence-electron chi connectivity index (χ4n) is 4.63. The van der Waals surface area contributed by atoms with Crippen molar-refractivity contribution in [1.82, 2.24) is 24.3 Å². The Morgan fingerprint density at radius 2 is 1.92 bits per heavy atom. The largest absolute Gasteiger partial charge is 0.323 e. The number of carbonyl (C=O) groups is 1. The Hall–Kier alpha value is -3.92. The fourth-order valence-corrected chi connectivity index (χ4v) is 4.78. The van der Waals surface area contributed by atoms with Crippen LogP contribution in [0.5, 0.6) is 0 Å². The van der Waals surface area contributed by atoms with E-state index in [1.807, 2.05) is 13.0 Å². The minimum absolute atomic E-state index is 0.116. The number of aryl methyl sites for hydroxylation is 1. The molecule has 0 saturated heterocycles. The highest BCUT2D eigenvalue weighted by molar-refractivity contribution is 6.31. The second-order valence-electron chi connectivity index (χ2n) is 9.07. The van der Waals surface area contributed by atoms with E-state index in [4.69, 9.17) is 11.6 Å². The lowest BCUT2D eigenvalue weighted by molar-refractivity contribution is -0.119. The zero-order valence-electron chi connectivity index (χ0n) is 20.1. The van der Waals surface area contributed by atoms with E-state index in [9.17, 15) is 18.4 Å². The third-order valence-corrected chi connectivity index (χ3v) is 6.92. The number of aromatic nitrogens is 5. The number of nitrogens with one attached hydrogen (secondary N) is 1. The van der Waals surface area contributed by atoms with Gasteiger partial charge in [-0.15, -0.1) is 0 Å². The fraction of sp³-hybridized carbons (Fsp3) is 0.269. The third-order valence-electron chi connectivity index (χ3n) is 6.63. The Morgan fingerprint density at radius 1 is 1.11 bits per heavy atom. The number of halogens is 3. The van der Waals surface area contributed by atoms with Crippen LogP contribution in [0.25, 0.3) is 22.5 Å². The van der Waals surface area contributed by atoms with E-state index < -0.39 is 28.8 Å². The van der Waals surface area contributed by atoms with Gasteiger partial charge < -0.3 is 5.32 Å². The zero-order valence-corrected chi connectivity index (χ0v) is 20.8. The van der Waals surface area contributed by atoms with E-state index in [-0.39, 0.29) is 22.5 Å². The second-order valence-corrected chi connectivity index (χ2v) is 9.48. The molecule has 4 aromatic rings. The predicted octanol–water partition coefficient (Wildman–Crippen LogP) is 4.99. The summed E-state index contributed by atoms with van der Waals surface area (Å²) in [5, 5.41) is 7.00. The molecule has 1 aliphatic rings. The van der Waals surface area contributed by atoms with Crippen LogP contribution in [-0.4, -0.2) is 30.2 Å². The van der Waals surface area contributed by atoms with Gasteiger partial charge in [-0.1, -0.05) is 24.9 Å². The summed E-state index contributed by atoms with van der Waals surface area (Å²) >= 11 is 5.82. The SMILES string of the molecule is CC1CCCC(n2cnc(-c3c(F)ccc(Cl)c3F)cc2=O)c2cc(ccn2)-c2c(cnn2C)NC1=O. The Kier molecular flexibility index (Phi) is 6.59. The standard InChI is InChI=1S/C26H23ClF2N6O2/c1-14-4-3-5-21(18-10-15(8-9-30-18)25-20(33-26(14)37)12-32-34(25)2)35-13-31-19(11-22(35)36)23-17(28)7-6-16(27)24(23)29/h6-14,21H,3-5H2,1-2H3,(H,33,37). The molecule has 8 nitrogen and oxygen atoms in total. The molecular weight excluding hydrogens is 502 g/mol. The molecule has 11 heteroatoms. The first-order chi connectivity index (χ1) is 17.7. The Morgan fingerprint density at radius 3 is 2.70 bits per heavy atom. The highest BCUT2D eigenvalue weighted by Gasteiger charge is 2.24. The van der Waals surface area contributed by atoms with Crippen LogP contribution in [0.1, 0.15) is 37.9 Å². The smallest absolute Gasteiger partial charge is 0.254 e. The molecule has 2 unspecified atom stereocenters. The van der Waals surface area contributed by atoms with E-state index in [1.54, 1.807) is 30.2 Å². The van der Waals surface area contributed by atoms with E-state index >= 15 is 0 Å². The van der Waals surface area contributed by atoms with Gasteiger partial charge in [0.05, 0.1) is 51.9 Å². The van der Waals surface area contributed by atoms with Crippen LogP contribution in [0.3, 0.4) is 0 Å². The highest BCUT2D eigenvalue weighted by atomic mass is 35.5. The number of nitrogens with zero attached hydrogens (tertiary/aromatic N) is 5. The number of hydrogen-bond acceptors (Lipinski definition) is 5. The number of anilines is 1. The molecule has 1 aromatic carbocycles. The normalized spacial score (nSPS) is 17.9. The summed E-state index contributed by atoms with van der Waals surface area (Å²) in [7, 11) is 1.78. The van der Waals surface area contributed by atoms with Crippen molar-refractivity contribution in [2.75, 3.05) is 5.32 Å². The van der Waals surface area contributed by atoms with Gasteiger partial charge in [-0.3, -0.25) is 23.8 Å². The average molecular weight is 525 g/mol. The molecule has 2 atom stereocenters. The van der Waals surface area contributed by atoms with Crippen LogP contribution in [0.2, 0.25) is 5.02 Å². The number of rotatable bonds is 2. The zero-order chi connectivity index (χ0) is 26.3. The van der Waals surface area contributed by atoms with Crippen LogP contribution in [-0.2, 0) is 11.8 Å². The minimum Gasteiger partial charge on any atom is -0.323 e. The highest BCUT2D eigenvalue weighted by Crippen LogP contribution is 2.33. The summed E-state index contributed by atoms with van der Waals surface area (Å²) in [6, 6.07) is 6.35. The molecule has 1 N–H and O–H groups in total. The summed E-state index contributed by atoms with van der Waals surface area (Å²) in [5.41, 5.74) is 1.55. The molecule has 2 bridgehead atoms. The van der Waals surface area contributed by atoms with Gasteiger partial charge in [-0.05, 0) is 37.1 Å². The van der Waals surface area contributed by atoms with E-state index in [0.29, 0.717) is 36.3 Å². The van der Waals surface area contributed by atoms with Crippen LogP contribution in [0.4, 0.5) is 14.5 Å². The molecule has 1 amide bonds. The molecule has 0 aliphatic carbocycles.